The lowest BCUT2D eigenvalue weighted by atomic mass is 9.98. The van der Waals surface area contributed by atoms with Crippen molar-refractivity contribution < 1.29 is 13.9 Å². The Morgan fingerprint density at radius 2 is 2.22 bits per heavy atom. The number of methoxy groups -OCH3 is 1. The van der Waals surface area contributed by atoms with Crippen LogP contribution >= 0.6 is 23.1 Å². The molecule has 6 nitrogen and oxygen atoms in total. The molecular weight excluding hydrogens is 384 g/mol. The van der Waals surface area contributed by atoms with Gasteiger partial charge in [-0.15, -0.1) is 11.3 Å². The lowest BCUT2D eigenvalue weighted by Crippen LogP contribution is -2.11. The first-order chi connectivity index (χ1) is 12.9. The van der Waals surface area contributed by atoms with Crippen molar-refractivity contribution in [1.29, 1.82) is 0 Å². The number of aryl methyl sites for hydroxylation is 1. The molecule has 27 heavy (non-hydrogen) atoms. The quantitative estimate of drug-likeness (QED) is 0.352. The van der Waals surface area contributed by atoms with Gasteiger partial charge in [0.1, 0.15) is 10.6 Å². The minimum Gasteiger partial charge on any atom is -0.463 e. The van der Waals surface area contributed by atoms with E-state index >= 15 is 0 Å². The number of aromatic amines is 1. The first kappa shape index (κ1) is 19.7. The number of thiophene rings is 1. The summed E-state index contributed by atoms with van der Waals surface area (Å²) in [4.78, 5) is 33.5. The van der Waals surface area contributed by atoms with Crippen LogP contribution in [0.1, 0.15) is 47.0 Å². The molecule has 0 fully saturated rings. The highest BCUT2D eigenvalue weighted by Gasteiger charge is 2.17. The van der Waals surface area contributed by atoms with Crippen LogP contribution < -0.4 is 5.56 Å². The molecule has 0 saturated heterocycles. The molecule has 1 unspecified atom stereocenters. The molecule has 3 aromatic rings. The van der Waals surface area contributed by atoms with Crippen molar-refractivity contribution >= 4 is 39.3 Å². The predicted molar refractivity (Wildman–Crippen MR) is 108 cm³/mol. The first-order valence-electron chi connectivity index (χ1n) is 8.75. The van der Waals surface area contributed by atoms with E-state index in [0.29, 0.717) is 28.0 Å². The monoisotopic (exact) mass is 406 g/mol. The largest absolute Gasteiger partial charge is 0.463 e. The Labute approximate surface area is 165 Å². The zero-order chi connectivity index (χ0) is 19.6. The standard InChI is InChI=1S/C19H22N2O4S2/c1-5-10(2)8-13-11(3)27-17-15(13)16(22)20-19(21-17)26-9-12-6-7-14(25-12)18(23)24-4/h6-7,10H,5,8-9H2,1-4H3,(H,20,21,22). The van der Waals surface area contributed by atoms with E-state index < -0.39 is 5.97 Å². The van der Waals surface area contributed by atoms with Gasteiger partial charge in [0.15, 0.2) is 5.16 Å². The number of esters is 1. The van der Waals surface area contributed by atoms with Gasteiger partial charge >= 0.3 is 5.97 Å². The van der Waals surface area contributed by atoms with E-state index in [1.165, 1.54) is 18.9 Å². The second-order valence-corrected chi connectivity index (χ2v) is 8.62. The number of thioether (sulfide) groups is 1. The van der Waals surface area contributed by atoms with Gasteiger partial charge in [-0.3, -0.25) is 4.79 Å². The summed E-state index contributed by atoms with van der Waals surface area (Å²) in [5, 5.41) is 1.26. The summed E-state index contributed by atoms with van der Waals surface area (Å²) < 4.78 is 10.1. The summed E-state index contributed by atoms with van der Waals surface area (Å²) in [6, 6.07) is 3.29. The van der Waals surface area contributed by atoms with Gasteiger partial charge in [-0.05, 0) is 37.0 Å². The number of rotatable bonds is 7. The number of aromatic nitrogens is 2. The van der Waals surface area contributed by atoms with E-state index in [2.05, 4.69) is 28.6 Å². The van der Waals surface area contributed by atoms with Crippen molar-refractivity contribution in [3.63, 3.8) is 0 Å². The maximum atomic E-state index is 12.7. The molecule has 0 amide bonds. The van der Waals surface area contributed by atoms with Gasteiger partial charge in [0.2, 0.25) is 5.76 Å². The fraction of sp³-hybridized carbons (Fsp3) is 0.421. The number of carbonyl (C=O) groups is 1. The lowest BCUT2D eigenvalue weighted by Gasteiger charge is -2.08. The molecule has 0 aliphatic heterocycles. The minimum atomic E-state index is -0.512. The smallest absolute Gasteiger partial charge is 0.373 e. The average molecular weight is 407 g/mol. The van der Waals surface area contributed by atoms with Gasteiger partial charge in [0.05, 0.1) is 18.2 Å². The number of ether oxygens (including phenoxy) is 1. The Kier molecular flexibility index (Phi) is 6.06. The number of fused-ring (bicyclic) bond motifs is 1. The third kappa shape index (κ3) is 4.27. The topological polar surface area (TPSA) is 85.2 Å². The Morgan fingerprint density at radius 1 is 1.44 bits per heavy atom. The Morgan fingerprint density at radius 3 is 2.93 bits per heavy atom. The van der Waals surface area contributed by atoms with Crippen molar-refractivity contribution in [1.82, 2.24) is 9.97 Å². The maximum Gasteiger partial charge on any atom is 0.373 e. The van der Waals surface area contributed by atoms with Gasteiger partial charge in [-0.25, -0.2) is 9.78 Å². The third-order valence-corrected chi connectivity index (χ3v) is 6.43. The number of nitrogens with zero attached hydrogens (tertiary/aromatic N) is 1. The molecule has 3 heterocycles. The predicted octanol–water partition coefficient (Wildman–Crippen LogP) is 4.55. The fourth-order valence-corrected chi connectivity index (χ4v) is 4.63. The van der Waals surface area contributed by atoms with E-state index in [-0.39, 0.29) is 11.3 Å². The zero-order valence-electron chi connectivity index (χ0n) is 15.8. The van der Waals surface area contributed by atoms with Gasteiger partial charge in [-0.1, -0.05) is 32.0 Å². The molecule has 0 bridgehead atoms. The molecule has 0 aliphatic rings. The van der Waals surface area contributed by atoms with Crippen LogP contribution in [0.25, 0.3) is 10.2 Å². The van der Waals surface area contributed by atoms with Crippen molar-refractivity contribution in [3.8, 4) is 0 Å². The van der Waals surface area contributed by atoms with Crippen LogP contribution in [-0.2, 0) is 16.9 Å². The summed E-state index contributed by atoms with van der Waals surface area (Å²) in [6.07, 6.45) is 1.97. The van der Waals surface area contributed by atoms with E-state index in [9.17, 15) is 9.59 Å². The van der Waals surface area contributed by atoms with E-state index in [1.807, 2.05) is 6.92 Å². The molecule has 8 heteroatoms. The molecular formula is C19H22N2O4S2. The van der Waals surface area contributed by atoms with Crippen LogP contribution in [-0.4, -0.2) is 23.0 Å². The van der Waals surface area contributed by atoms with E-state index in [0.717, 1.165) is 28.1 Å². The van der Waals surface area contributed by atoms with Crippen molar-refractivity contribution in [2.75, 3.05) is 7.11 Å². The summed E-state index contributed by atoms with van der Waals surface area (Å²) in [6.45, 7) is 6.40. The van der Waals surface area contributed by atoms with Crippen LogP contribution in [0.4, 0.5) is 0 Å². The highest BCUT2D eigenvalue weighted by Crippen LogP contribution is 2.31. The molecule has 0 saturated carbocycles. The molecule has 0 aromatic carbocycles. The summed E-state index contributed by atoms with van der Waals surface area (Å²) in [7, 11) is 1.31. The zero-order valence-corrected chi connectivity index (χ0v) is 17.4. The summed E-state index contributed by atoms with van der Waals surface area (Å²) in [5.41, 5.74) is 1.02. The van der Waals surface area contributed by atoms with E-state index in [4.69, 9.17) is 4.42 Å². The van der Waals surface area contributed by atoms with Gasteiger partial charge in [0, 0.05) is 4.88 Å². The number of hydrogen-bond donors (Lipinski definition) is 1. The van der Waals surface area contributed by atoms with Crippen LogP contribution in [0.5, 0.6) is 0 Å². The van der Waals surface area contributed by atoms with Crippen LogP contribution in [0.3, 0.4) is 0 Å². The van der Waals surface area contributed by atoms with Crippen molar-refractivity contribution in [2.24, 2.45) is 5.92 Å². The third-order valence-electron chi connectivity index (χ3n) is 4.49. The van der Waals surface area contributed by atoms with E-state index in [1.54, 1.807) is 23.5 Å². The SMILES string of the molecule is CCC(C)Cc1c(C)sc2nc(SCc3ccc(C(=O)OC)o3)[nH]c(=O)c12. The summed E-state index contributed by atoms with van der Waals surface area (Å²) in [5.74, 6) is 1.24. The Hall–Kier alpha value is -2.06. The fourth-order valence-electron chi connectivity index (χ4n) is 2.77. The van der Waals surface area contributed by atoms with Crippen molar-refractivity contribution in [2.45, 2.75) is 44.5 Å². The summed E-state index contributed by atoms with van der Waals surface area (Å²) >= 11 is 2.93. The molecule has 3 aromatic heterocycles. The Bertz CT molecular complexity index is 1020. The van der Waals surface area contributed by atoms with Crippen LogP contribution in [0.2, 0.25) is 0 Å². The highest BCUT2D eigenvalue weighted by molar-refractivity contribution is 7.98. The lowest BCUT2D eigenvalue weighted by molar-refractivity contribution is 0.0563. The second kappa shape index (κ2) is 8.31. The number of furan rings is 1. The van der Waals surface area contributed by atoms with Gasteiger partial charge in [0.25, 0.3) is 5.56 Å². The van der Waals surface area contributed by atoms with Gasteiger partial charge < -0.3 is 14.1 Å². The highest BCUT2D eigenvalue weighted by atomic mass is 32.2. The molecule has 1 N–H and O–H groups in total. The molecule has 3 rings (SSSR count). The maximum absolute atomic E-state index is 12.7. The molecule has 0 aliphatic carbocycles. The normalized spacial score (nSPS) is 12.4. The molecule has 0 radical (unpaired) electrons. The molecule has 144 valence electrons. The first-order valence-corrected chi connectivity index (χ1v) is 10.5. The average Bonchev–Trinajstić information content (AvgIpc) is 3.24. The molecule has 1 atom stereocenters. The Balaban J connectivity index is 1.81. The minimum absolute atomic E-state index is 0.0974. The number of H-pyrrole nitrogens is 1. The van der Waals surface area contributed by atoms with Crippen LogP contribution in [0, 0.1) is 12.8 Å². The van der Waals surface area contributed by atoms with Crippen LogP contribution in [0.15, 0.2) is 26.5 Å². The van der Waals surface area contributed by atoms with Gasteiger partial charge in [-0.2, -0.15) is 0 Å². The number of carbonyl (C=O) groups excluding carboxylic acids is 1. The number of nitrogens with one attached hydrogen (secondary N) is 1. The number of hydrogen-bond acceptors (Lipinski definition) is 7. The second-order valence-electron chi connectivity index (χ2n) is 6.45. The van der Waals surface area contributed by atoms with Crippen molar-refractivity contribution in [3.05, 3.63) is 44.4 Å². The molecule has 0 spiro atoms.